The Kier molecular flexibility index (Phi) is 6.01. The Balaban J connectivity index is 1.89. The van der Waals surface area contributed by atoms with Crippen molar-refractivity contribution in [1.29, 1.82) is 0 Å². The van der Waals surface area contributed by atoms with Crippen LogP contribution in [0.25, 0.3) is 16.8 Å². The van der Waals surface area contributed by atoms with Crippen molar-refractivity contribution in [3.63, 3.8) is 0 Å². The number of anilines is 1. The topological polar surface area (TPSA) is 29.8 Å². The minimum absolute atomic E-state index is 0.614. The minimum atomic E-state index is 0.614. The third kappa shape index (κ3) is 4.04. The number of hydrogen-bond acceptors (Lipinski definition) is 4. The molecule has 0 unspecified atom stereocenters. The van der Waals surface area contributed by atoms with Gasteiger partial charge in [0, 0.05) is 18.7 Å². The number of aromatic nitrogens is 2. The molecule has 3 aromatic rings. The summed E-state index contributed by atoms with van der Waals surface area (Å²) in [4.78, 5) is 2.59. The zero-order chi connectivity index (χ0) is 21.4. The second kappa shape index (κ2) is 8.54. The second-order valence-electron chi connectivity index (χ2n) is 8.94. The first-order valence-electron chi connectivity index (χ1n) is 10.9. The summed E-state index contributed by atoms with van der Waals surface area (Å²) in [6.07, 6.45) is 4.86. The van der Waals surface area contributed by atoms with Gasteiger partial charge in [-0.2, -0.15) is 5.10 Å². The summed E-state index contributed by atoms with van der Waals surface area (Å²) in [5.41, 5.74) is 7.29. The van der Waals surface area contributed by atoms with Gasteiger partial charge in [-0.25, -0.2) is 4.52 Å². The first-order valence-corrected chi connectivity index (χ1v) is 12.1. The highest BCUT2D eigenvalue weighted by molar-refractivity contribution is 7.98. The lowest BCUT2D eigenvalue weighted by Crippen LogP contribution is -2.30. The van der Waals surface area contributed by atoms with Crippen LogP contribution in [0.5, 0.6) is 5.75 Å². The monoisotopic (exact) mass is 423 g/mol. The molecule has 2 aromatic heterocycles. The van der Waals surface area contributed by atoms with Gasteiger partial charge in [-0.05, 0) is 80.2 Å². The highest BCUT2D eigenvalue weighted by Crippen LogP contribution is 2.40. The number of thioether (sulfide) groups is 1. The van der Waals surface area contributed by atoms with E-state index in [1.165, 1.54) is 40.7 Å². The molecule has 1 aliphatic carbocycles. The number of ether oxygens (including phenoxy) is 1. The van der Waals surface area contributed by atoms with Crippen molar-refractivity contribution >= 4 is 23.0 Å². The standard InChI is InChI=1S/C25H33N3OS/c1-16(2)14-27(15-19-10-11-19)24-22-9-7-8-21(28(22)26-25(24)30-6)23-17(3)12-20(29-5)13-18(23)4/h7-9,12-13,16,19H,10-11,14-15H2,1-6H3. The van der Waals surface area contributed by atoms with E-state index in [1.807, 2.05) is 0 Å². The van der Waals surface area contributed by atoms with Crippen LogP contribution in [0.3, 0.4) is 0 Å². The molecule has 30 heavy (non-hydrogen) atoms. The van der Waals surface area contributed by atoms with Gasteiger partial charge >= 0.3 is 0 Å². The summed E-state index contributed by atoms with van der Waals surface area (Å²) in [5.74, 6) is 2.35. The number of aryl methyl sites for hydroxylation is 2. The number of rotatable bonds is 8. The Bertz CT molecular complexity index is 1020. The van der Waals surface area contributed by atoms with Crippen LogP contribution in [0.4, 0.5) is 5.69 Å². The van der Waals surface area contributed by atoms with Crippen LogP contribution in [0.2, 0.25) is 0 Å². The SMILES string of the molecule is COc1cc(C)c(-c2cccc3c(N(CC(C)C)CC4CC4)c(SC)nn23)c(C)c1. The zero-order valence-electron chi connectivity index (χ0n) is 19.0. The summed E-state index contributed by atoms with van der Waals surface area (Å²) in [6.45, 7) is 11.1. The van der Waals surface area contributed by atoms with E-state index in [0.717, 1.165) is 35.5 Å². The molecule has 5 heteroatoms. The molecule has 1 saturated carbocycles. The fourth-order valence-electron chi connectivity index (χ4n) is 4.42. The Morgan fingerprint density at radius 1 is 1.20 bits per heavy atom. The van der Waals surface area contributed by atoms with E-state index in [0.29, 0.717) is 5.92 Å². The number of pyridine rings is 1. The van der Waals surface area contributed by atoms with Crippen LogP contribution >= 0.6 is 11.8 Å². The lowest BCUT2D eigenvalue weighted by molar-refractivity contribution is 0.414. The van der Waals surface area contributed by atoms with Crippen LogP contribution < -0.4 is 9.64 Å². The van der Waals surface area contributed by atoms with Crippen LogP contribution in [-0.4, -0.2) is 36.1 Å². The van der Waals surface area contributed by atoms with Gasteiger partial charge in [0.15, 0.2) is 0 Å². The molecule has 0 saturated heterocycles. The van der Waals surface area contributed by atoms with Gasteiger partial charge < -0.3 is 9.64 Å². The average molecular weight is 424 g/mol. The van der Waals surface area contributed by atoms with Crippen molar-refractivity contribution in [3.8, 4) is 17.0 Å². The number of fused-ring (bicyclic) bond motifs is 1. The lowest BCUT2D eigenvalue weighted by atomic mass is 9.99. The average Bonchev–Trinajstić information content (AvgIpc) is 3.43. The Labute approximate surface area is 184 Å². The largest absolute Gasteiger partial charge is 0.497 e. The van der Waals surface area contributed by atoms with Gasteiger partial charge in [0.05, 0.1) is 24.0 Å². The maximum atomic E-state index is 5.47. The third-order valence-corrected chi connectivity index (χ3v) is 6.53. The van der Waals surface area contributed by atoms with Gasteiger partial charge in [-0.15, -0.1) is 11.8 Å². The van der Waals surface area contributed by atoms with Crippen molar-refractivity contribution in [3.05, 3.63) is 41.5 Å². The normalized spacial score (nSPS) is 14.0. The molecule has 0 aliphatic heterocycles. The lowest BCUT2D eigenvalue weighted by Gasteiger charge is -2.26. The highest BCUT2D eigenvalue weighted by Gasteiger charge is 2.28. The van der Waals surface area contributed by atoms with Gasteiger partial charge in [-0.1, -0.05) is 19.9 Å². The molecule has 0 spiro atoms. The predicted octanol–water partition coefficient (Wildman–Crippen LogP) is 6.22. The van der Waals surface area contributed by atoms with E-state index in [9.17, 15) is 0 Å². The van der Waals surface area contributed by atoms with Crippen molar-refractivity contribution in [2.45, 2.75) is 45.6 Å². The summed E-state index contributed by atoms with van der Waals surface area (Å²) < 4.78 is 7.63. The summed E-state index contributed by atoms with van der Waals surface area (Å²) >= 11 is 1.75. The fraction of sp³-hybridized carbons (Fsp3) is 0.480. The summed E-state index contributed by atoms with van der Waals surface area (Å²) in [7, 11) is 1.72. The fourth-order valence-corrected chi connectivity index (χ4v) is 5.01. The quantitative estimate of drug-likeness (QED) is 0.402. The number of hydrogen-bond donors (Lipinski definition) is 0. The van der Waals surface area contributed by atoms with Crippen LogP contribution in [0, 0.1) is 25.7 Å². The number of methoxy groups -OCH3 is 1. The van der Waals surface area contributed by atoms with Gasteiger partial charge in [0.2, 0.25) is 0 Å². The zero-order valence-corrected chi connectivity index (χ0v) is 19.8. The molecule has 2 heterocycles. The molecule has 0 radical (unpaired) electrons. The molecule has 0 amide bonds. The molecule has 0 atom stereocenters. The maximum absolute atomic E-state index is 5.47. The molecular weight excluding hydrogens is 390 g/mol. The van der Waals surface area contributed by atoms with Crippen molar-refractivity contribution in [2.24, 2.45) is 11.8 Å². The van der Waals surface area contributed by atoms with E-state index in [-0.39, 0.29) is 0 Å². The molecule has 0 bridgehead atoms. The molecule has 4 nitrogen and oxygen atoms in total. The Morgan fingerprint density at radius 2 is 1.90 bits per heavy atom. The smallest absolute Gasteiger partial charge is 0.142 e. The van der Waals surface area contributed by atoms with E-state index >= 15 is 0 Å². The molecule has 0 N–H and O–H groups in total. The Morgan fingerprint density at radius 3 is 2.47 bits per heavy atom. The first-order chi connectivity index (χ1) is 14.4. The second-order valence-corrected chi connectivity index (χ2v) is 9.74. The Hall–Kier alpha value is -2.14. The summed E-state index contributed by atoms with van der Waals surface area (Å²) in [5, 5.41) is 6.21. The summed E-state index contributed by atoms with van der Waals surface area (Å²) in [6, 6.07) is 10.8. The van der Waals surface area contributed by atoms with E-state index in [4.69, 9.17) is 9.84 Å². The van der Waals surface area contributed by atoms with E-state index in [1.54, 1.807) is 18.9 Å². The number of nitrogens with zero attached hydrogens (tertiary/aromatic N) is 3. The predicted molar refractivity (Wildman–Crippen MR) is 128 cm³/mol. The van der Waals surface area contributed by atoms with Gasteiger partial charge in [0.25, 0.3) is 0 Å². The number of benzene rings is 1. The van der Waals surface area contributed by atoms with Crippen molar-refractivity contribution in [1.82, 2.24) is 9.61 Å². The maximum Gasteiger partial charge on any atom is 0.142 e. The molecular formula is C25H33N3OS. The molecule has 4 rings (SSSR count). The minimum Gasteiger partial charge on any atom is -0.497 e. The van der Waals surface area contributed by atoms with Gasteiger partial charge in [0.1, 0.15) is 10.8 Å². The van der Waals surface area contributed by atoms with Gasteiger partial charge in [-0.3, -0.25) is 0 Å². The third-order valence-electron chi connectivity index (χ3n) is 5.87. The van der Waals surface area contributed by atoms with Crippen LogP contribution in [0.1, 0.15) is 37.8 Å². The van der Waals surface area contributed by atoms with Crippen LogP contribution in [-0.2, 0) is 0 Å². The molecule has 1 fully saturated rings. The first kappa shape index (κ1) is 21.1. The van der Waals surface area contributed by atoms with Crippen LogP contribution in [0.15, 0.2) is 35.4 Å². The van der Waals surface area contributed by atoms with E-state index in [2.05, 4.69) is 73.7 Å². The van der Waals surface area contributed by atoms with Crippen molar-refractivity contribution < 1.29 is 4.74 Å². The highest BCUT2D eigenvalue weighted by atomic mass is 32.2. The molecule has 1 aromatic carbocycles. The molecule has 1 aliphatic rings. The molecule has 160 valence electrons. The van der Waals surface area contributed by atoms with E-state index < -0.39 is 0 Å². The van der Waals surface area contributed by atoms with Crippen molar-refractivity contribution in [2.75, 3.05) is 31.4 Å².